The van der Waals surface area contributed by atoms with Crippen LogP contribution in [0.5, 0.6) is 0 Å². The molecule has 1 aliphatic heterocycles. The van der Waals surface area contributed by atoms with Crippen LogP contribution < -0.4 is 0 Å². The van der Waals surface area contributed by atoms with Gasteiger partial charge in [0.1, 0.15) is 6.29 Å². The highest BCUT2D eigenvalue weighted by molar-refractivity contribution is 6.93. The van der Waals surface area contributed by atoms with E-state index in [1.54, 1.807) is 0 Å². The zero-order valence-electron chi connectivity index (χ0n) is 12.8. The quantitative estimate of drug-likeness (QED) is 0.632. The van der Waals surface area contributed by atoms with Crippen LogP contribution in [0.25, 0.3) is 5.20 Å². The van der Waals surface area contributed by atoms with Crippen LogP contribution in [-0.2, 0) is 9.53 Å². The average molecular weight is 299 g/mol. The van der Waals surface area contributed by atoms with Gasteiger partial charge in [-0.25, -0.2) is 0 Å². The van der Waals surface area contributed by atoms with Crippen LogP contribution >= 0.6 is 0 Å². The first-order valence-electron chi connectivity index (χ1n) is 7.22. The normalized spacial score (nSPS) is 21.0. The lowest BCUT2D eigenvalue weighted by molar-refractivity contribution is -0.108. The van der Waals surface area contributed by atoms with Gasteiger partial charge in [-0.3, -0.25) is 0 Å². The summed E-state index contributed by atoms with van der Waals surface area (Å²) >= 11 is 0. The molecule has 0 radical (unpaired) electrons. The number of carbonyl (C=O) groups is 1. The molecule has 2 rings (SSSR count). The summed E-state index contributed by atoms with van der Waals surface area (Å²) in [6, 6.07) is 9.92. The van der Waals surface area contributed by atoms with Gasteiger partial charge in [0.25, 0.3) is 0 Å². The van der Waals surface area contributed by atoms with Crippen molar-refractivity contribution in [2.45, 2.75) is 26.1 Å². The minimum atomic E-state index is -1.59. The Morgan fingerprint density at radius 1 is 1.38 bits per heavy atom. The van der Waals surface area contributed by atoms with Crippen molar-refractivity contribution in [2.75, 3.05) is 13.2 Å². The van der Waals surface area contributed by atoms with Crippen LogP contribution in [0.1, 0.15) is 17.5 Å². The molecular weight excluding hydrogens is 278 g/mol. The third kappa shape index (κ3) is 3.49. The maximum Gasteiger partial charge on any atom is 0.120 e. The molecule has 1 aliphatic rings. The Hall–Kier alpha value is -1.70. The van der Waals surface area contributed by atoms with E-state index < -0.39 is 8.07 Å². The highest BCUT2D eigenvalue weighted by atomic mass is 28.3. The number of rotatable bonds is 4. The second-order valence-electron chi connectivity index (χ2n) is 6.45. The Morgan fingerprint density at radius 3 is 2.57 bits per heavy atom. The molecule has 0 N–H and O–H groups in total. The third-order valence-corrected chi connectivity index (χ3v) is 5.93. The molecule has 0 saturated carbocycles. The van der Waals surface area contributed by atoms with Crippen molar-refractivity contribution in [1.29, 1.82) is 5.26 Å². The van der Waals surface area contributed by atoms with Crippen LogP contribution in [0.4, 0.5) is 0 Å². The standard InChI is InChI=1S/C17H21NO2Si/c1-21(2,3)17(14-6-4-13(10-18)5-7-14)16-12-20-11-15(16)8-9-19/h4-7,9,15H,8,11-12H2,1-3H3/b17-16+. The second-order valence-corrected chi connectivity index (χ2v) is 11.5. The molecule has 110 valence electrons. The first-order chi connectivity index (χ1) is 9.97. The zero-order valence-corrected chi connectivity index (χ0v) is 13.8. The van der Waals surface area contributed by atoms with Crippen molar-refractivity contribution in [1.82, 2.24) is 0 Å². The Morgan fingerprint density at radius 2 is 2.05 bits per heavy atom. The van der Waals surface area contributed by atoms with Gasteiger partial charge in [0.15, 0.2) is 0 Å². The number of ether oxygens (including phenoxy) is 1. The van der Waals surface area contributed by atoms with Crippen molar-refractivity contribution < 1.29 is 9.53 Å². The number of nitriles is 1. The number of benzene rings is 1. The highest BCUT2D eigenvalue weighted by Gasteiger charge is 2.31. The maximum atomic E-state index is 10.9. The Bertz CT molecular complexity index is 591. The topological polar surface area (TPSA) is 50.1 Å². The van der Waals surface area contributed by atoms with Gasteiger partial charge in [-0.1, -0.05) is 37.0 Å². The lowest BCUT2D eigenvalue weighted by atomic mass is 9.97. The van der Waals surface area contributed by atoms with Crippen LogP contribution in [0.3, 0.4) is 0 Å². The van der Waals surface area contributed by atoms with Gasteiger partial charge in [0.2, 0.25) is 0 Å². The summed E-state index contributed by atoms with van der Waals surface area (Å²) in [5, 5.41) is 10.3. The monoisotopic (exact) mass is 299 g/mol. The van der Waals surface area contributed by atoms with E-state index in [9.17, 15) is 4.79 Å². The summed E-state index contributed by atoms with van der Waals surface area (Å²) in [7, 11) is -1.59. The van der Waals surface area contributed by atoms with Gasteiger partial charge in [0, 0.05) is 12.3 Å². The summed E-state index contributed by atoms with van der Waals surface area (Å²) in [5.74, 6) is 0.208. The van der Waals surface area contributed by atoms with Crippen molar-refractivity contribution in [2.24, 2.45) is 5.92 Å². The molecule has 3 nitrogen and oxygen atoms in total. The van der Waals surface area contributed by atoms with E-state index in [2.05, 4.69) is 25.7 Å². The predicted octanol–water partition coefficient (Wildman–Crippen LogP) is 3.42. The third-order valence-electron chi connectivity index (χ3n) is 3.82. The molecule has 0 aromatic heterocycles. The van der Waals surface area contributed by atoms with Crippen molar-refractivity contribution >= 4 is 19.6 Å². The van der Waals surface area contributed by atoms with Gasteiger partial charge < -0.3 is 9.53 Å². The number of hydrogen-bond donors (Lipinski definition) is 0. The molecule has 0 bridgehead atoms. The lowest BCUT2D eigenvalue weighted by Crippen LogP contribution is -2.26. The SMILES string of the molecule is C[Si](C)(C)/C(=C1\COCC1CC=O)c1ccc(C#N)cc1. The highest BCUT2D eigenvalue weighted by Crippen LogP contribution is 2.36. The Balaban J connectivity index is 2.52. The molecule has 1 aromatic carbocycles. The summed E-state index contributed by atoms with van der Waals surface area (Å²) in [6.45, 7) is 8.19. The molecule has 1 aromatic rings. The summed E-state index contributed by atoms with van der Waals surface area (Å²) < 4.78 is 5.62. The minimum Gasteiger partial charge on any atom is -0.376 e. The van der Waals surface area contributed by atoms with Gasteiger partial charge >= 0.3 is 0 Å². The molecule has 1 fully saturated rings. The molecule has 0 amide bonds. The smallest absolute Gasteiger partial charge is 0.120 e. The predicted molar refractivity (Wildman–Crippen MR) is 86.4 cm³/mol. The Labute approximate surface area is 127 Å². The molecule has 4 heteroatoms. The fraction of sp³-hybridized carbons (Fsp3) is 0.412. The number of carbonyl (C=O) groups excluding carboxylic acids is 1. The van der Waals surface area contributed by atoms with E-state index >= 15 is 0 Å². The van der Waals surface area contributed by atoms with Crippen LogP contribution in [-0.4, -0.2) is 27.6 Å². The lowest BCUT2D eigenvalue weighted by Gasteiger charge is -2.26. The van der Waals surface area contributed by atoms with Gasteiger partial charge in [-0.05, 0) is 23.3 Å². The molecule has 1 heterocycles. The zero-order chi connectivity index (χ0) is 15.5. The van der Waals surface area contributed by atoms with Crippen molar-refractivity contribution in [3.05, 3.63) is 41.0 Å². The van der Waals surface area contributed by atoms with Crippen LogP contribution in [0, 0.1) is 17.2 Å². The fourth-order valence-corrected chi connectivity index (χ4v) is 5.22. The van der Waals surface area contributed by atoms with Gasteiger partial charge in [-0.2, -0.15) is 5.26 Å². The van der Waals surface area contributed by atoms with Gasteiger partial charge in [-0.15, -0.1) is 0 Å². The molecule has 0 aliphatic carbocycles. The van der Waals surface area contributed by atoms with Gasteiger partial charge in [0.05, 0.1) is 32.9 Å². The van der Waals surface area contributed by atoms with E-state index in [1.807, 2.05) is 24.3 Å². The van der Waals surface area contributed by atoms with E-state index in [0.29, 0.717) is 25.2 Å². The van der Waals surface area contributed by atoms with Crippen LogP contribution in [0.15, 0.2) is 29.8 Å². The average Bonchev–Trinajstić information content (AvgIpc) is 2.87. The van der Waals surface area contributed by atoms with E-state index in [-0.39, 0.29) is 5.92 Å². The summed E-state index contributed by atoms with van der Waals surface area (Å²) in [6.07, 6.45) is 1.51. The number of hydrogen-bond acceptors (Lipinski definition) is 3. The molecule has 1 saturated heterocycles. The minimum absolute atomic E-state index is 0.208. The van der Waals surface area contributed by atoms with E-state index in [4.69, 9.17) is 10.00 Å². The second kappa shape index (κ2) is 6.38. The van der Waals surface area contributed by atoms with Crippen molar-refractivity contribution in [3.8, 4) is 6.07 Å². The van der Waals surface area contributed by atoms with Crippen LogP contribution in [0.2, 0.25) is 19.6 Å². The van der Waals surface area contributed by atoms with E-state index in [0.717, 1.165) is 6.29 Å². The molecule has 1 atom stereocenters. The molecular formula is C17H21NO2Si. The summed E-state index contributed by atoms with van der Waals surface area (Å²) in [5.41, 5.74) is 3.13. The molecule has 21 heavy (non-hydrogen) atoms. The number of nitrogens with zero attached hydrogens (tertiary/aromatic N) is 1. The maximum absolute atomic E-state index is 10.9. The first-order valence-corrected chi connectivity index (χ1v) is 10.7. The number of aldehydes is 1. The summed E-state index contributed by atoms with van der Waals surface area (Å²) in [4.78, 5) is 10.9. The van der Waals surface area contributed by atoms with Crippen molar-refractivity contribution in [3.63, 3.8) is 0 Å². The Kier molecular flexibility index (Phi) is 4.76. The molecule has 0 spiro atoms. The van der Waals surface area contributed by atoms with E-state index in [1.165, 1.54) is 16.3 Å². The largest absolute Gasteiger partial charge is 0.376 e. The fourth-order valence-electron chi connectivity index (χ4n) is 2.94. The molecule has 1 unspecified atom stereocenters. The first kappa shape index (κ1) is 15.7.